The molecule has 0 bridgehead atoms. The second-order valence-corrected chi connectivity index (χ2v) is 9.21. The van der Waals surface area contributed by atoms with Crippen molar-refractivity contribution >= 4 is 15.2 Å². The summed E-state index contributed by atoms with van der Waals surface area (Å²) in [5, 5.41) is 3.09. The van der Waals surface area contributed by atoms with Crippen molar-refractivity contribution < 1.29 is 28.7 Å². The Morgan fingerprint density at radius 2 is 1.53 bits per heavy atom. The van der Waals surface area contributed by atoms with Crippen LogP contribution in [0.5, 0.6) is 0 Å². The third kappa shape index (κ3) is 3.38. The van der Waals surface area contributed by atoms with Crippen LogP contribution in [0.1, 0.15) is 26.2 Å². The van der Waals surface area contributed by atoms with Crippen molar-refractivity contribution in [1.29, 1.82) is 0 Å². The van der Waals surface area contributed by atoms with Gasteiger partial charge in [0.2, 0.25) is 0 Å². The summed E-state index contributed by atoms with van der Waals surface area (Å²) in [6, 6.07) is 0. The zero-order chi connectivity index (χ0) is 13.3. The Morgan fingerprint density at radius 3 is 1.88 bits per heavy atom. The van der Waals surface area contributed by atoms with Crippen LogP contribution in [-0.4, -0.2) is 37.6 Å². The first-order chi connectivity index (χ1) is 7.58. The first-order valence-electron chi connectivity index (χ1n) is 5.40. The van der Waals surface area contributed by atoms with Crippen molar-refractivity contribution in [3.63, 3.8) is 0 Å². The van der Waals surface area contributed by atoms with E-state index in [1.165, 1.54) is 0 Å². The summed E-state index contributed by atoms with van der Waals surface area (Å²) in [5.41, 5.74) is 0. The summed E-state index contributed by atoms with van der Waals surface area (Å²) in [6.45, 7) is 2.41. The molecule has 0 radical (unpaired) electrons. The van der Waals surface area contributed by atoms with Gasteiger partial charge in [-0.2, -0.15) is 0 Å². The van der Waals surface area contributed by atoms with E-state index >= 15 is 0 Å². The molecule has 1 saturated heterocycles. The number of nitrogens with one attached hydrogen (secondary N) is 1. The Kier molecular flexibility index (Phi) is 4.59. The Hall–Kier alpha value is 0.260. The van der Waals surface area contributed by atoms with Crippen LogP contribution in [0.4, 0.5) is 0 Å². The van der Waals surface area contributed by atoms with Gasteiger partial charge in [0.25, 0.3) is 0 Å². The molecule has 0 atom stereocenters. The van der Waals surface area contributed by atoms with Crippen molar-refractivity contribution in [2.45, 2.75) is 31.1 Å². The van der Waals surface area contributed by atoms with Crippen LogP contribution in [0.3, 0.4) is 0 Å². The van der Waals surface area contributed by atoms with Gasteiger partial charge >= 0.3 is 15.2 Å². The minimum Gasteiger partial charge on any atom is -0.324 e. The fraction of sp³-hybridized carbons (Fsp3) is 1.00. The summed E-state index contributed by atoms with van der Waals surface area (Å²) in [7, 11) is -9.72. The van der Waals surface area contributed by atoms with E-state index in [2.05, 4.69) is 5.32 Å². The molecule has 102 valence electrons. The third-order valence-electron chi connectivity index (χ3n) is 3.39. The lowest BCUT2D eigenvalue weighted by Crippen LogP contribution is -2.34. The minimum absolute atomic E-state index is 0.0681. The lowest BCUT2D eigenvalue weighted by atomic mass is 9.93. The summed E-state index contributed by atoms with van der Waals surface area (Å²) in [5.74, 6) is -0.0681. The molecular weight excluding hydrogens is 268 g/mol. The molecule has 7 nitrogen and oxygen atoms in total. The maximum Gasteiger partial charge on any atom is 0.343 e. The van der Waals surface area contributed by atoms with Gasteiger partial charge in [-0.1, -0.05) is 0 Å². The van der Waals surface area contributed by atoms with Gasteiger partial charge in [-0.05, 0) is 45.2 Å². The molecule has 0 spiro atoms. The summed E-state index contributed by atoms with van der Waals surface area (Å²) in [4.78, 5) is 34.6. The quantitative estimate of drug-likeness (QED) is 0.475. The monoisotopic (exact) mass is 287 g/mol. The standard InChI is InChI=1S/C8H19NO6P2/c1-8(16(10,11)12,17(13,14)15)6-7-2-4-9-5-3-7/h7,9H,2-6H2,1H3,(H2,10,11,12)(H2,13,14,15). The van der Waals surface area contributed by atoms with Gasteiger partial charge in [-0.15, -0.1) is 0 Å². The largest absolute Gasteiger partial charge is 0.343 e. The van der Waals surface area contributed by atoms with Gasteiger partial charge in [0.15, 0.2) is 4.90 Å². The highest BCUT2D eigenvalue weighted by Crippen LogP contribution is 2.71. The zero-order valence-corrected chi connectivity index (χ0v) is 11.4. The van der Waals surface area contributed by atoms with E-state index in [4.69, 9.17) is 0 Å². The fourth-order valence-corrected chi connectivity index (χ4v) is 4.39. The van der Waals surface area contributed by atoms with Gasteiger partial charge in [0, 0.05) is 0 Å². The van der Waals surface area contributed by atoms with E-state index in [0.29, 0.717) is 25.9 Å². The summed E-state index contributed by atoms with van der Waals surface area (Å²) < 4.78 is 22.7. The van der Waals surface area contributed by atoms with Crippen LogP contribution in [0, 0.1) is 5.92 Å². The van der Waals surface area contributed by atoms with Crippen molar-refractivity contribution in [2.75, 3.05) is 13.1 Å². The number of hydrogen-bond donors (Lipinski definition) is 5. The zero-order valence-electron chi connectivity index (χ0n) is 9.61. The molecule has 1 aliphatic heterocycles. The molecule has 0 aromatic rings. The smallest absolute Gasteiger partial charge is 0.324 e. The molecule has 1 heterocycles. The molecule has 0 amide bonds. The van der Waals surface area contributed by atoms with E-state index in [1.54, 1.807) is 0 Å². The first kappa shape index (κ1) is 15.3. The van der Waals surface area contributed by atoms with Crippen molar-refractivity contribution in [3.8, 4) is 0 Å². The topological polar surface area (TPSA) is 127 Å². The Bertz CT molecular complexity index is 333. The molecular formula is C8H19NO6P2. The lowest BCUT2D eigenvalue weighted by Gasteiger charge is -2.35. The average molecular weight is 287 g/mol. The number of rotatable bonds is 4. The van der Waals surface area contributed by atoms with E-state index in [1.807, 2.05) is 0 Å². The summed E-state index contributed by atoms with van der Waals surface area (Å²) in [6.07, 6.45) is 1.20. The molecule has 1 aliphatic rings. The van der Waals surface area contributed by atoms with Gasteiger partial charge in [-0.3, -0.25) is 9.13 Å². The second-order valence-electron chi connectivity index (χ2n) is 4.70. The van der Waals surface area contributed by atoms with Crippen LogP contribution in [0.2, 0.25) is 0 Å². The third-order valence-corrected chi connectivity index (χ3v) is 7.83. The van der Waals surface area contributed by atoms with Gasteiger partial charge in [0.05, 0.1) is 0 Å². The molecule has 0 aromatic carbocycles. The SMILES string of the molecule is CC(CC1CCNCC1)(P(=O)(O)O)P(=O)(O)O. The van der Waals surface area contributed by atoms with Crippen LogP contribution in [-0.2, 0) is 9.13 Å². The maximum absolute atomic E-state index is 11.4. The predicted octanol–water partition coefficient (Wildman–Crippen LogP) is 0.448. The first-order valence-corrected chi connectivity index (χ1v) is 8.62. The highest BCUT2D eigenvalue weighted by molar-refractivity contribution is 7.72. The fourth-order valence-electron chi connectivity index (χ4n) is 2.04. The van der Waals surface area contributed by atoms with E-state index < -0.39 is 20.1 Å². The molecule has 0 saturated carbocycles. The molecule has 0 unspecified atom stereocenters. The van der Waals surface area contributed by atoms with Crippen molar-refractivity contribution in [1.82, 2.24) is 5.32 Å². The Morgan fingerprint density at radius 1 is 1.12 bits per heavy atom. The number of hydrogen-bond acceptors (Lipinski definition) is 3. The predicted molar refractivity (Wildman–Crippen MR) is 62.7 cm³/mol. The van der Waals surface area contributed by atoms with E-state index in [9.17, 15) is 28.7 Å². The van der Waals surface area contributed by atoms with Gasteiger partial charge < -0.3 is 24.9 Å². The van der Waals surface area contributed by atoms with Crippen LogP contribution >= 0.6 is 15.2 Å². The Labute approximate surface area is 99.9 Å². The molecule has 9 heteroatoms. The van der Waals surface area contributed by atoms with Gasteiger partial charge in [0.1, 0.15) is 0 Å². The van der Waals surface area contributed by atoms with E-state index in [-0.39, 0.29) is 12.3 Å². The second kappa shape index (κ2) is 5.10. The van der Waals surface area contributed by atoms with Crippen LogP contribution in [0.15, 0.2) is 0 Å². The lowest BCUT2D eigenvalue weighted by molar-refractivity contribution is 0.272. The van der Waals surface area contributed by atoms with Crippen molar-refractivity contribution in [3.05, 3.63) is 0 Å². The molecule has 0 aromatic heterocycles. The van der Waals surface area contributed by atoms with Crippen LogP contribution in [0.25, 0.3) is 0 Å². The minimum atomic E-state index is -4.86. The molecule has 1 fully saturated rings. The summed E-state index contributed by atoms with van der Waals surface area (Å²) >= 11 is 0. The van der Waals surface area contributed by atoms with Crippen molar-refractivity contribution in [2.24, 2.45) is 5.92 Å². The Balaban J connectivity index is 2.92. The molecule has 17 heavy (non-hydrogen) atoms. The highest BCUT2D eigenvalue weighted by Gasteiger charge is 2.56. The average Bonchev–Trinajstić information content (AvgIpc) is 2.15. The highest BCUT2D eigenvalue weighted by atomic mass is 31.2. The number of piperidine rings is 1. The normalized spacial score (nSPS) is 20.5. The molecule has 1 rings (SSSR count). The molecule has 5 N–H and O–H groups in total. The van der Waals surface area contributed by atoms with Gasteiger partial charge in [-0.25, -0.2) is 0 Å². The maximum atomic E-state index is 11.4. The molecule has 0 aliphatic carbocycles. The van der Waals surface area contributed by atoms with E-state index in [0.717, 1.165) is 6.92 Å². The van der Waals surface area contributed by atoms with Crippen LogP contribution < -0.4 is 5.32 Å².